The van der Waals surface area contributed by atoms with Crippen molar-refractivity contribution in [2.24, 2.45) is 0 Å². The molecule has 1 nitrogen and oxygen atoms in total. The van der Waals surface area contributed by atoms with E-state index in [0.29, 0.717) is 0 Å². The molecule has 0 fully saturated rings. The van der Waals surface area contributed by atoms with Crippen molar-refractivity contribution in [1.29, 1.82) is 0 Å². The van der Waals surface area contributed by atoms with Gasteiger partial charge in [0.25, 0.3) is 0 Å². The molecule has 1 aliphatic heterocycles. The van der Waals surface area contributed by atoms with Gasteiger partial charge < -0.3 is 4.74 Å². The predicted molar refractivity (Wildman–Crippen MR) is 39.9 cm³/mol. The number of benzene rings is 1. The van der Waals surface area contributed by atoms with E-state index in [4.69, 9.17) is 4.74 Å². The van der Waals surface area contributed by atoms with Crippen LogP contribution in [0.3, 0.4) is 0 Å². The number of allylic oxidation sites excluding steroid dienone is 1. The Hall–Kier alpha value is -0.240. The van der Waals surface area contributed by atoms with Crippen molar-refractivity contribution in [3.8, 4) is 5.75 Å². The first kappa shape index (κ1) is 11.8. The average molecular weight is 250 g/mol. The maximum atomic E-state index is 5.24. The summed E-state index contributed by atoms with van der Waals surface area (Å²) in [5, 5.41) is 0. The zero-order chi connectivity index (χ0) is 6.81. The molecule has 2 rings (SSSR count). The second kappa shape index (κ2) is 5.41. The molecule has 1 aliphatic rings. The fraction of sp³-hybridized carbons (Fsp3) is 0.111. The predicted octanol–water partition coefficient (Wildman–Crippen LogP) is 2.13. The van der Waals surface area contributed by atoms with Crippen molar-refractivity contribution in [1.82, 2.24) is 0 Å². The Kier molecular flexibility index (Phi) is 5.31. The number of hydrogen-bond donors (Lipinski definition) is 0. The molecule has 1 aromatic carbocycles. The van der Waals surface area contributed by atoms with Crippen LogP contribution < -0.4 is 4.74 Å². The van der Waals surface area contributed by atoms with E-state index in [2.05, 4.69) is 6.07 Å². The monoisotopic (exact) mass is 249 g/mol. The molecule has 1 radical (unpaired) electrons. The fourth-order valence-corrected chi connectivity index (χ4v) is 1.08. The van der Waals surface area contributed by atoms with Gasteiger partial charge in [0.1, 0.15) is 5.75 Å². The first-order valence-electron chi connectivity index (χ1n) is 3.36. The van der Waals surface area contributed by atoms with Crippen molar-refractivity contribution >= 4 is 0 Å². The molecule has 0 N–H and O–H groups in total. The Balaban J connectivity index is 0.000000605. The molecule has 0 aliphatic carbocycles. The van der Waals surface area contributed by atoms with Gasteiger partial charge in [-0.15, -0.1) is 0 Å². The minimum Gasteiger partial charge on any atom is -0.465 e. The largest absolute Gasteiger partial charge is 0.465 e. The zero-order valence-electron chi connectivity index (χ0n) is 6.23. The topological polar surface area (TPSA) is 9.23 Å². The summed E-state index contributed by atoms with van der Waals surface area (Å²) in [4.78, 5) is 0. The zero-order valence-corrected chi connectivity index (χ0v) is 8.26. The summed E-state index contributed by atoms with van der Waals surface area (Å²) in [7, 11) is 0. The molecule has 3 heteroatoms. The van der Waals surface area contributed by atoms with E-state index >= 15 is 0 Å². The molecular weight excluding hydrogens is 242 g/mol. The smallest absolute Gasteiger partial charge is 0.130 e. The van der Waals surface area contributed by atoms with Crippen LogP contribution >= 0.6 is 0 Å². The number of rotatable bonds is 0. The molecule has 12 heavy (non-hydrogen) atoms. The molecule has 1 aromatic rings. The second-order valence-corrected chi connectivity index (χ2v) is 2.30. The summed E-state index contributed by atoms with van der Waals surface area (Å²) in [5.41, 5.74) is 1.27. The minimum atomic E-state index is 0. The van der Waals surface area contributed by atoms with Crippen LogP contribution in [0.2, 0.25) is 0 Å². The van der Waals surface area contributed by atoms with Gasteiger partial charge in [0.2, 0.25) is 0 Å². The van der Waals surface area contributed by atoms with Gasteiger partial charge in [0.15, 0.2) is 0 Å². The first-order valence-corrected chi connectivity index (χ1v) is 3.36. The average Bonchev–Trinajstić information content (AvgIpc) is 2.05. The van der Waals surface area contributed by atoms with Gasteiger partial charge in [0, 0.05) is 33.3 Å². The molecular formula is C9H8CoNiO. The number of hydrogen-bond acceptors (Lipinski definition) is 1. The molecule has 69 valence electrons. The third-order valence-corrected chi connectivity index (χ3v) is 1.60. The molecule has 0 saturated carbocycles. The van der Waals surface area contributed by atoms with Crippen LogP contribution in [-0.2, 0) is 39.7 Å². The van der Waals surface area contributed by atoms with E-state index in [1.807, 2.05) is 24.3 Å². The Morgan fingerprint density at radius 1 is 1.17 bits per heavy atom. The van der Waals surface area contributed by atoms with Crippen molar-refractivity contribution in [3.05, 3.63) is 42.2 Å². The Morgan fingerprint density at radius 2 is 1.92 bits per heavy atom. The van der Waals surface area contributed by atoms with Gasteiger partial charge in [-0.2, -0.15) is 0 Å². The number of para-hydroxylation sites is 1. The Morgan fingerprint density at radius 3 is 2.67 bits per heavy atom. The van der Waals surface area contributed by atoms with Gasteiger partial charge in [-0.25, -0.2) is 0 Å². The van der Waals surface area contributed by atoms with Crippen LogP contribution in [0.5, 0.6) is 5.75 Å². The summed E-state index contributed by atoms with van der Waals surface area (Å²) in [6.07, 6.45) is 4.75. The maximum Gasteiger partial charge on any atom is 0.130 e. The van der Waals surface area contributed by atoms with E-state index in [9.17, 15) is 0 Å². The molecule has 0 bridgehead atoms. The van der Waals surface area contributed by atoms with Crippen LogP contribution in [0.25, 0.3) is 0 Å². The summed E-state index contributed by atoms with van der Waals surface area (Å²) in [5.74, 6) is 0.991. The SMILES string of the molecule is C1=COc2ccccc2C1.[Co].[Ni]. The maximum absolute atomic E-state index is 5.24. The van der Waals surface area contributed by atoms with Crippen LogP contribution in [0, 0.1) is 0 Å². The van der Waals surface area contributed by atoms with Crippen LogP contribution in [0.15, 0.2) is 36.6 Å². The van der Waals surface area contributed by atoms with Gasteiger partial charge in [-0.05, 0) is 24.1 Å². The number of fused-ring (bicyclic) bond motifs is 1. The number of ether oxygens (including phenoxy) is 1. The van der Waals surface area contributed by atoms with Crippen molar-refractivity contribution in [2.45, 2.75) is 6.42 Å². The van der Waals surface area contributed by atoms with E-state index in [-0.39, 0.29) is 33.3 Å². The third kappa shape index (κ3) is 2.37. The first-order chi connectivity index (χ1) is 4.97. The van der Waals surface area contributed by atoms with Gasteiger partial charge >= 0.3 is 0 Å². The Labute approximate surface area is 92.3 Å². The normalized spacial score (nSPS) is 11.7. The molecule has 0 amide bonds. The fourth-order valence-electron chi connectivity index (χ4n) is 1.08. The molecule has 0 atom stereocenters. The van der Waals surface area contributed by atoms with Crippen LogP contribution in [-0.4, -0.2) is 0 Å². The summed E-state index contributed by atoms with van der Waals surface area (Å²) in [6.45, 7) is 0. The van der Waals surface area contributed by atoms with Gasteiger partial charge in [-0.1, -0.05) is 18.2 Å². The van der Waals surface area contributed by atoms with Gasteiger partial charge in [-0.3, -0.25) is 0 Å². The molecule has 0 spiro atoms. The molecule has 0 saturated heterocycles. The van der Waals surface area contributed by atoms with E-state index in [0.717, 1.165) is 12.2 Å². The van der Waals surface area contributed by atoms with E-state index in [1.165, 1.54) is 5.56 Å². The third-order valence-electron chi connectivity index (χ3n) is 1.60. The molecule has 0 aromatic heterocycles. The van der Waals surface area contributed by atoms with Crippen molar-refractivity contribution in [3.63, 3.8) is 0 Å². The van der Waals surface area contributed by atoms with Crippen molar-refractivity contribution < 1.29 is 38.0 Å². The van der Waals surface area contributed by atoms with Crippen molar-refractivity contribution in [2.75, 3.05) is 0 Å². The van der Waals surface area contributed by atoms with Gasteiger partial charge in [0.05, 0.1) is 6.26 Å². The minimum absolute atomic E-state index is 0. The summed E-state index contributed by atoms with van der Waals surface area (Å²) < 4.78 is 5.24. The van der Waals surface area contributed by atoms with E-state index in [1.54, 1.807) is 6.26 Å². The summed E-state index contributed by atoms with van der Waals surface area (Å²) >= 11 is 0. The Bertz CT molecular complexity index is 246. The quantitative estimate of drug-likeness (QED) is 0.640. The summed E-state index contributed by atoms with van der Waals surface area (Å²) in [6, 6.07) is 8.08. The van der Waals surface area contributed by atoms with Crippen LogP contribution in [0.4, 0.5) is 0 Å². The standard InChI is InChI=1S/C9H8O.Co.Ni/c1-2-6-9-8(4-1)5-3-7-10-9;;/h1-4,6-7H,5H2;;. The molecule has 0 unspecified atom stereocenters. The second-order valence-electron chi connectivity index (χ2n) is 2.30. The molecule has 1 heterocycles. The van der Waals surface area contributed by atoms with E-state index < -0.39 is 0 Å². The van der Waals surface area contributed by atoms with Crippen LogP contribution in [0.1, 0.15) is 5.56 Å².